The van der Waals surface area contributed by atoms with Gasteiger partial charge in [-0.05, 0) is 68.4 Å². The van der Waals surface area contributed by atoms with Gasteiger partial charge in [-0.1, -0.05) is 35.3 Å². The zero-order valence-corrected chi connectivity index (χ0v) is 29.6. The first-order valence-corrected chi connectivity index (χ1v) is 17.8. The summed E-state index contributed by atoms with van der Waals surface area (Å²) in [6, 6.07) is 22.3. The van der Waals surface area contributed by atoms with Crippen molar-refractivity contribution in [3.05, 3.63) is 101 Å². The molecule has 0 aliphatic carbocycles. The summed E-state index contributed by atoms with van der Waals surface area (Å²) in [7, 11) is 0. The summed E-state index contributed by atoms with van der Waals surface area (Å²) in [6.45, 7) is 13.3. The average Bonchev–Trinajstić information content (AvgIpc) is 3.89. The van der Waals surface area contributed by atoms with E-state index in [1.54, 1.807) is 24.7 Å². The third-order valence-electron chi connectivity index (χ3n) is 9.46. The number of rotatable bonds is 11. The van der Waals surface area contributed by atoms with Crippen LogP contribution in [0.5, 0.6) is 5.75 Å². The number of guanidine groups is 1. The van der Waals surface area contributed by atoms with Crippen LogP contribution in [0.1, 0.15) is 19.4 Å². The van der Waals surface area contributed by atoms with Gasteiger partial charge in [0.1, 0.15) is 18.5 Å². The van der Waals surface area contributed by atoms with Gasteiger partial charge in [0.25, 0.3) is 0 Å². The van der Waals surface area contributed by atoms with E-state index in [0.29, 0.717) is 29.8 Å². The number of hydrogen-bond donors (Lipinski definition) is 0. The summed E-state index contributed by atoms with van der Waals surface area (Å²) < 4.78 is 20.9. The molecule has 258 valence electrons. The third-order valence-corrected chi connectivity index (χ3v) is 10.0. The second kappa shape index (κ2) is 14.9. The van der Waals surface area contributed by atoms with Gasteiger partial charge >= 0.3 is 0 Å². The summed E-state index contributed by atoms with van der Waals surface area (Å²) in [5.74, 6) is 0.789. The SMILES string of the molecule is CCN1CCN(CC)C1=Nc1cccc(N2CCN(c3ccc(OCC4COC(Cn5ccnc5)(c5ccc(Cl)cc5Cl)O4)cc3)CC2)c1. The van der Waals surface area contributed by atoms with Crippen molar-refractivity contribution < 1.29 is 14.2 Å². The number of benzene rings is 3. The number of likely N-dealkylation sites (N-methyl/N-ethyl adjacent to an activating group) is 2. The molecule has 1 aromatic heterocycles. The number of anilines is 2. The van der Waals surface area contributed by atoms with Crippen molar-refractivity contribution in [1.82, 2.24) is 19.4 Å². The summed E-state index contributed by atoms with van der Waals surface area (Å²) in [5.41, 5.74) is 4.14. The van der Waals surface area contributed by atoms with Gasteiger partial charge in [0.15, 0.2) is 0 Å². The van der Waals surface area contributed by atoms with Crippen molar-refractivity contribution >= 4 is 46.2 Å². The molecule has 3 aliphatic heterocycles. The molecule has 3 aliphatic rings. The second-order valence-corrected chi connectivity index (χ2v) is 13.4. The van der Waals surface area contributed by atoms with E-state index >= 15 is 0 Å². The van der Waals surface area contributed by atoms with Crippen molar-refractivity contribution in [2.24, 2.45) is 4.99 Å². The van der Waals surface area contributed by atoms with Crippen LogP contribution in [0.2, 0.25) is 10.0 Å². The smallest absolute Gasteiger partial charge is 0.215 e. The maximum Gasteiger partial charge on any atom is 0.215 e. The van der Waals surface area contributed by atoms with Gasteiger partial charge in [-0.3, -0.25) is 0 Å². The largest absolute Gasteiger partial charge is 0.491 e. The van der Waals surface area contributed by atoms with E-state index in [9.17, 15) is 0 Å². The van der Waals surface area contributed by atoms with Gasteiger partial charge in [0.05, 0.1) is 30.2 Å². The zero-order chi connectivity index (χ0) is 33.8. The number of piperazine rings is 1. The van der Waals surface area contributed by atoms with Crippen molar-refractivity contribution in [1.29, 1.82) is 0 Å². The number of imidazole rings is 1. The highest BCUT2D eigenvalue weighted by atomic mass is 35.5. The van der Waals surface area contributed by atoms with E-state index in [2.05, 4.69) is 74.8 Å². The highest BCUT2D eigenvalue weighted by Crippen LogP contribution is 2.40. The summed E-state index contributed by atoms with van der Waals surface area (Å²) in [6.07, 6.45) is 5.03. The molecule has 7 rings (SSSR count). The monoisotopic (exact) mass is 703 g/mol. The van der Waals surface area contributed by atoms with Gasteiger partial charge in [-0.15, -0.1) is 0 Å². The molecule has 0 radical (unpaired) electrons. The second-order valence-electron chi connectivity index (χ2n) is 12.5. The number of aromatic nitrogens is 2. The Balaban J connectivity index is 0.936. The maximum atomic E-state index is 6.62. The van der Waals surface area contributed by atoms with Crippen molar-refractivity contribution in [2.75, 3.05) is 75.4 Å². The highest BCUT2D eigenvalue weighted by molar-refractivity contribution is 6.35. The first kappa shape index (κ1) is 33.5. The number of hydrogen-bond acceptors (Lipinski definition) is 7. The maximum absolute atomic E-state index is 6.62. The van der Waals surface area contributed by atoms with Crippen molar-refractivity contribution in [2.45, 2.75) is 32.3 Å². The molecule has 3 saturated heterocycles. The lowest BCUT2D eigenvalue weighted by Gasteiger charge is -2.37. The Morgan fingerprint density at radius 1 is 0.878 bits per heavy atom. The molecule has 2 unspecified atom stereocenters. The molecule has 0 bridgehead atoms. The first-order chi connectivity index (χ1) is 23.9. The van der Waals surface area contributed by atoms with Gasteiger partial charge in [0.2, 0.25) is 11.7 Å². The topological polar surface area (TPSA) is 70.8 Å². The quantitative estimate of drug-likeness (QED) is 0.175. The van der Waals surface area contributed by atoms with E-state index in [1.165, 1.54) is 11.4 Å². The van der Waals surface area contributed by atoms with Crippen LogP contribution < -0.4 is 14.5 Å². The van der Waals surface area contributed by atoms with Crippen LogP contribution in [-0.2, 0) is 21.8 Å². The van der Waals surface area contributed by atoms with Crippen LogP contribution in [0.3, 0.4) is 0 Å². The predicted octanol–water partition coefficient (Wildman–Crippen LogP) is 6.51. The Morgan fingerprint density at radius 2 is 1.61 bits per heavy atom. The minimum Gasteiger partial charge on any atom is -0.491 e. The summed E-state index contributed by atoms with van der Waals surface area (Å²) >= 11 is 12.8. The number of ether oxygens (including phenoxy) is 3. The fourth-order valence-electron chi connectivity index (χ4n) is 6.80. The van der Waals surface area contributed by atoms with E-state index in [-0.39, 0.29) is 6.10 Å². The van der Waals surface area contributed by atoms with E-state index in [0.717, 1.165) is 75.3 Å². The Morgan fingerprint density at radius 3 is 2.29 bits per heavy atom. The molecule has 10 nitrogen and oxygen atoms in total. The molecule has 3 aromatic carbocycles. The molecule has 4 heterocycles. The minimum absolute atomic E-state index is 0.290. The molecular weight excluding hydrogens is 661 g/mol. The third kappa shape index (κ3) is 7.48. The Labute approximate surface area is 298 Å². The van der Waals surface area contributed by atoms with Crippen LogP contribution >= 0.6 is 23.2 Å². The molecule has 0 amide bonds. The molecule has 0 spiro atoms. The highest BCUT2D eigenvalue weighted by Gasteiger charge is 2.45. The Bertz CT molecular complexity index is 1720. The number of aliphatic imine (C=N–C) groups is 1. The van der Waals surface area contributed by atoms with Gasteiger partial charge in [-0.2, -0.15) is 0 Å². The number of nitrogens with zero attached hydrogens (tertiary/aromatic N) is 7. The molecule has 4 aromatic rings. The lowest BCUT2D eigenvalue weighted by atomic mass is 10.1. The van der Waals surface area contributed by atoms with Crippen LogP contribution in [0.15, 0.2) is 90.4 Å². The van der Waals surface area contributed by atoms with Gasteiger partial charge in [-0.25, -0.2) is 9.98 Å². The van der Waals surface area contributed by atoms with Crippen LogP contribution in [-0.4, -0.2) is 97.0 Å². The Kier molecular flexibility index (Phi) is 10.2. The molecule has 2 atom stereocenters. The molecule has 49 heavy (non-hydrogen) atoms. The molecule has 12 heteroatoms. The number of halogens is 2. The molecule has 3 fully saturated rings. The Hall–Kier alpha value is -3.96. The van der Waals surface area contributed by atoms with E-state index in [1.807, 2.05) is 29.0 Å². The molecule has 0 N–H and O–H groups in total. The summed E-state index contributed by atoms with van der Waals surface area (Å²) in [4.78, 5) is 18.8. The fraction of sp³-hybridized carbons (Fsp3) is 0.405. The fourth-order valence-corrected chi connectivity index (χ4v) is 7.35. The minimum atomic E-state index is -1.08. The van der Waals surface area contributed by atoms with Crippen molar-refractivity contribution in [3.63, 3.8) is 0 Å². The van der Waals surface area contributed by atoms with Crippen LogP contribution in [0.4, 0.5) is 17.1 Å². The lowest BCUT2D eigenvalue weighted by molar-refractivity contribution is -0.189. The normalized spacial score (nSPS) is 21.1. The predicted molar refractivity (Wildman–Crippen MR) is 196 cm³/mol. The molecule has 0 saturated carbocycles. The zero-order valence-electron chi connectivity index (χ0n) is 28.0. The first-order valence-electron chi connectivity index (χ1n) is 17.1. The van der Waals surface area contributed by atoms with Gasteiger partial charge < -0.3 is 38.4 Å². The van der Waals surface area contributed by atoms with E-state index in [4.69, 9.17) is 42.4 Å². The average molecular weight is 705 g/mol. The van der Waals surface area contributed by atoms with E-state index < -0.39 is 5.79 Å². The summed E-state index contributed by atoms with van der Waals surface area (Å²) in [5, 5.41) is 1.04. The van der Waals surface area contributed by atoms with Crippen LogP contribution in [0, 0.1) is 0 Å². The van der Waals surface area contributed by atoms with Gasteiger partial charge in [0, 0.05) is 86.7 Å². The molecular formula is C37H43Cl2N7O3. The standard InChI is InChI=1S/C37H43Cl2N7O3/c1-3-43-16-17-44(4-2)36(43)41-29-6-5-7-31(23-29)46-20-18-45(19-21-46)30-9-11-32(12-10-30)47-24-33-25-48-37(49-33,26-42-15-14-40-27-42)34-13-8-28(38)22-35(34)39/h5-15,22-23,27,33H,3-4,16-21,24-26H2,1-2H3. The van der Waals surface area contributed by atoms with Crippen molar-refractivity contribution in [3.8, 4) is 5.75 Å². The lowest BCUT2D eigenvalue weighted by Crippen LogP contribution is -2.46. The van der Waals surface area contributed by atoms with Crippen LogP contribution in [0.25, 0.3) is 0 Å².